The van der Waals surface area contributed by atoms with Crippen LogP contribution in [0.5, 0.6) is 0 Å². The Hall–Kier alpha value is -2.71. The number of guanidine groups is 1. The van der Waals surface area contributed by atoms with E-state index in [0.717, 1.165) is 43.9 Å². The Balaban J connectivity index is 1.54. The number of nitrogens with zero attached hydrogens (tertiary/aromatic N) is 3. The molecular weight excluding hydrogens is 398 g/mol. The SMILES string of the molecule is CCOC(=O)N1CCC(NC(=NCCc2ccco2)NC2CCN(C(=O)CC)C2)CC1. The lowest BCUT2D eigenvalue weighted by Crippen LogP contribution is -2.52. The maximum Gasteiger partial charge on any atom is 0.409 e. The van der Waals surface area contributed by atoms with Crippen LogP contribution in [0.1, 0.15) is 45.3 Å². The highest BCUT2D eigenvalue weighted by Crippen LogP contribution is 2.13. The zero-order chi connectivity index (χ0) is 22.1. The third-order valence-electron chi connectivity index (χ3n) is 5.75. The van der Waals surface area contributed by atoms with Gasteiger partial charge in [-0.1, -0.05) is 6.92 Å². The number of ether oxygens (including phenoxy) is 1. The standard InChI is InChI=1S/C22H35N5O4/c1-3-20(28)27-14-10-18(16-27)25-21(23-11-7-19-6-5-15-31-19)24-17-8-12-26(13-9-17)22(29)30-4-2/h5-6,15,17-18H,3-4,7-14,16H2,1-2H3,(H2,23,24,25). The highest BCUT2D eigenvalue weighted by molar-refractivity contribution is 5.81. The van der Waals surface area contributed by atoms with Gasteiger partial charge in [0.15, 0.2) is 5.96 Å². The minimum Gasteiger partial charge on any atom is -0.469 e. The summed E-state index contributed by atoms with van der Waals surface area (Å²) in [6.45, 7) is 7.53. The lowest BCUT2D eigenvalue weighted by molar-refractivity contribution is -0.129. The second-order valence-electron chi connectivity index (χ2n) is 7.99. The number of hydrogen-bond acceptors (Lipinski definition) is 5. The molecule has 1 atom stereocenters. The molecule has 9 heteroatoms. The number of carbonyl (C=O) groups excluding carboxylic acids is 2. The number of carbonyl (C=O) groups is 2. The number of rotatable bonds is 7. The second-order valence-corrected chi connectivity index (χ2v) is 7.99. The van der Waals surface area contributed by atoms with Crippen LogP contribution in [0.4, 0.5) is 4.79 Å². The van der Waals surface area contributed by atoms with Crippen LogP contribution in [0.3, 0.4) is 0 Å². The van der Waals surface area contributed by atoms with Gasteiger partial charge in [0.2, 0.25) is 5.91 Å². The number of piperidine rings is 1. The molecule has 0 bridgehead atoms. The maximum atomic E-state index is 12.0. The van der Waals surface area contributed by atoms with Crippen LogP contribution in [0.25, 0.3) is 0 Å². The molecule has 2 aliphatic heterocycles. The molecule has 172 valence electrons. The Morgan fingerprint density at radius 2 is 1.84 bits per heavy atom. The molecule has 9 nitrogen and oxygen atoms in total. The Kier molecular flexibility index (Phi) is 8.61. The minimum absolute atomic E-state index is 0.185. The van der Waals surface area contributed by atoms with E-state index in [0.29, 0.717) is 39.2 Å². The Bertz CT molecular complexity index is 728. The van der Waals surface area contributed by atoms with E-state index in [1.807, 2.05) is 30.9 Å². The summed E-state index contributed by atoms with van der Waals surface area (Å²) in [4.78, 5) is 32.4. The first-order valence-electron chi connectivity index (χ1n) is 11.4. The Morgan fingerprint density at radius 1 is 1.13 bits per heavy atom. The first-order valence-corrected chi connectivity index (χ1v) is 11.4. The number of amides is 2. The minimum atomic E-state index is -0.238. The van der Waals surface area contributed by atoms with Crippen LogP contribution in [-0.2, 0) is 16.0 Å². The summed E-state index contributed by atoms with van der Waals surface area (Å²) in [5.74, 6) is 1.86. The van der Waals surface area contributed by atoms with Crippen molar-refractivity contribution in [2.45, 2.75) is 58.0 Å². The lowest BCUT2D eigenvalue weighted by atomic mass is 10.1. The largest absolute Gasteiger partial charge is 0.469 e. The maximum absolute atomic E-state index is 12.0. The third-order valence-corrected chi connectivity index (χ3v) is 5.75. The third kappa shape index (κ3) is 6.90. The molecule has 1 aromatic heterocycles. The summed E-state index contributed by atoms with van der Waals surface area (Å²) >= 11 is 0. The van der Waals surface area contributed by atoms with Crippen molar-refractivity contribution < 1.29 is 18.7 Å². The highest BCUT2D eigenvalue weighted by atomic mass is 16.6. The number of likely N-dealkylation sites (tertiary alicyclic amines) is 2. The summed E-state index contributed by atoms with van der Waals surface area (Å²) in [5.41, 5.74) is 0. The first-order chi connectivity index (χ1) is 15.1. The van der Waals surface area contributed by atoms with Crippen LogP contribution >= 0.6 is 0 Å². The number of aliphatic imine (C=N–C) groups is 1. The average molecular weight is 434 g/mol. The summed E-state index contributed by atoms with van der Waals surface area (Å²) in [6.07, 6.45) is 5.28. The predicted molar refractivity (Wildman–Crippen MR) is 118 cm³/mol. The molecule has 0 spiro atoms. The molecule has 31 heavy (non-hydrogen) atoms. The topological polar surface area (TPSA) is 99.4 Å². The number of nitrogens with one attached hydrogen (secondary N) is 2. The van der Waals surface area contributed by atoms with Crippen molar-refractivity contribution in [3.63, 3.8) is 0 Å². The van der Waals surface area contributed by atoms with E-state index in [1.165, 1.54) is 0 Å². The summed E-state index contributed by atoms with van der Waals surface area (Å²) in [5, 5.41) is 7.05. The van der Waals surface area contributed by atoms with E-state index >= 15 is 0 Å². The smallest absolute Gasteiger partial charge is 0.409 e. The van der Waals surface area contributed by atoms with Crippen molar-refractivity contribution >= 4 is 18.0 Å². The van der Waals surface area contributed by atoms with Gasteiger partial charge in [-0.05, 0) is 38.3 Å². The fourth-order valence-corrected chi connectivity index (χ4v) is 4.00. The van der Waals surface area contributed by atoms with Crippen molar-refractivity contribution in [2.24, 2.45) is 4.99 Å². The molecule has 0 aromatic carbocycles. The van der Waals surface area contributed by atoms with E-state index in [2.05, 4.69) is 10.6 Å². The Morgan fingerprint density at radius 3 is 2.52 bits per heavy atom. The van der Waals surface area contributed by atoms with Gasteiger partial charge in [0.05, 0.1) is 12.9 Å². The van der Waals surface area contributed by atoms with Crippen LogP contribution in [0, 0.1) is 0 Å². The van der Waals surface area contributed by atoms with Gasteiger partial charge in [-0.15, -0.1) is 0 Å². The van der Waals surface area contributed by atoms with Crippen LogP contribution in [0.2, 0.25) is 0 Å². The molecular formula is C22H35N5O4. The predicted octanol–water partition coefficient (Wildman–Crippen LogP) is 1.99. The summed E-state index contributed by atoms with van der Waals surface area (Å²) in [6, 6.07) is 4.25. The molecule has 2 aliphatic rings. The quantitative estimate of drug-likeness (QED) is 0.504. The van der Waals surface area contributed by atoms with E-state index < -0.39 is 0 Å². The molecule has 1 unspecified atom stereocenters. The van der Waals surface area contributed by atoms with Gasteiger partial charge in [-0.3, -0.25) is 9.79 Å². The van der Waals surface area contributed by atoms with Gasteiger partial charge >= 0.3 is 6.09 Å². The van der Waals surface area contributed by atoms with Gasteiger partial charge in [-0.2, -0.15) is 0 Å². The summed E-state index contributed by atoms with van der Waals surface area (Å²) < 4.78 is 10.5. The van der Waals surface area contributed by atoms with E-state index in [1.54, 1.807) is 11.2 Å². The van der Waals surface area contributed by atoms with Crippen molar-refractivity contribution in [1.82, 2.24) is 20.4 Å². The molecule has 3 rings (SSSR count). The molecule has 3 heterocycles. The molecule has 2 fully saturated rings. The molecule has 0 radical (unpaired) electrons. The van der Waals surface area contributed by atoms with Gasteiger partial charge < -0.3 is 29.6 Å². The lowest BCUT2D eigenvalue weighted by Gasteiger charge is -2.32. The van der Waals surface area contributed by atoms with Gasteiger partial charge in [0.1, 0.15) is 5.76 Å². The Labute approximate surface area is 184 Å². The summed E-state index contributed by atoms with van der Waals surface area (Å²) in [7, 11) is 0. The zero-order valence-corrected chi connectivity index (χ0v) is 18.6. The van der Waals surface area contributed by atoms with Crippen molar-refractivity contribution in [1.29, 1.82) is 0 Å². The van der Waals surface area contributed by atoms with Crippen molar-refractivity contribution in [3.05, 3.63) is 24.2 Å². The molecule has 1 aromatic rings. The van der Waals surface area contributed by atoms with E-state index in [9.17, 15) is 9.59 Å². The van der Waals surface area contributed by atoms with Crippen molar-refractivity contribution in [2.75, 3.05) is 39.3 Å². The first kappa shape index (κ1) is 23.0. The van der Waals surface area contributed by atoms with Crippen LogP contribution in [-0.4, -0.2) is 79.2 Å². The fraction of sp³-hybridized carbons (Fsp3) is 0.682. The van der Waals surface area contributed by atoms with Gasteiger partial charge in [-0.25, -0.2) is 4.79 Å². The van der Waals surface area contributed by atoms with E-state index in [-0.39, 0.29) is 24.1 Å². The van der Waals surface area contributed by atoms with E-state index in [4.69, 9.17) is 14.1 Å². The molecule has 2 amide bonds. The second kappa shape index (κ2) is 11.6. The van der Waals surface area contributed by atoms with Crippen molar-refractivity contribution in [3.8, 4) is 0 Å². The highest BCUT2D eigenvalue weighted by Gasteiger charge is 2.28. The normalized spacial score (nSPS) is 20.1. The molecule has 2 saturated heterocycles. The fourth-order valence-electron chi connectivity index (χ4n) is 4.00. The van der Waals surface area contributed by atoms with Crippen LogP contribution in [0.15, 0.2) is 27.8 Å². The number of furan rings is 1. The average Bonchev–Trinajstić information content (AvgIpc) is 3.46. The molecule has 0 aliphatic carbocycles. The zero-order valence-electron chi connectivity index (χ0n) is 18.6. The number of hydrogen-bond donors (Lipinski definition) is 2. The van der Waals surface area contributed by atoms with Crippen LogP contribution < -0.4 is 10.6 Å². The molecule has 2 N–H and O–H groups in total. The monoisotopic (exact) mass is 433 g/mol. The van der Waals surface area contributed by atoms with Gasteiger partial charge in [0, 0.05) is 57.6 Å². The molecule has 0 saturated carbocycles. The van der Waals surface area contributed by atoms with Gasteiger partial charge in [0.25, 0.3) is 0 Å².